The molecule has 0 aliphatic carbocycles. The van der Waals surface area contributed by atoms with Crippen molar-refractivity contribution in [3.05, 3.63) is 65.5 Å². The number of aromatic amines is 1. The molecule has 0 spiro atoms. The molecule has 2 N–H and O–H groups in total. The number of nitrogens with zero attached hydrogens (tertiary/aromatic N) is 2. The Hall–Kier alpha value is -3.41. The number of fused-ring (bicyclic) bond motifs is 1. The fourth-order valence-electron chi connectivity index (χ4n) is 2.95. The Morgan fingerprint density at radius 3 is 2.77 bits per heavy atom. The first-order valence-corrected chi connectivity index (χ1v) is 8.37. The summed E-state index contributed by atoms with van der Waals surface area (Å²) in [4.78, 5) is 20.3. The minimum atomic E-state index is -0.110. The predicted octanol–water partition coefficient (Wildman–Crippen LogP) is 4.02. The van der Waals surface area contributed by atoms with Crippen molar-refractivity contribution < 1.29 is 9.32 Å². The van der Waals surface area contributed by atoms with E-state index in [1.54, 1.807) is 0 Å². The van der Waals surface area contributed by atoms with Gasteiger partial charge < -0.3 is 14.8 Å². The molecule has 26 heavy (non-hydrogen) atoms. The molecule has 0 aliphatic heterocycles. The Bertz CT molecular complexity index is 1040. The first kappa shape index (κ1) is 16.1. The van der Waals surface area contributed by atoms with Crippen molar-refractivity contribution in [2.75, 3.05) is 5.32 Å². The van der Waals surface area contributed by atoms with Crippen LogP contribution in [0.25, 0.3) is 22.4 Å². The van der Waals surface area contributed by atoms with Gasteiger partial charge in [0.2, 0.25) is 5.91 Å². The molecule has 0 atom stereocenters. The number of benzene rings is 2. The first-order chi connectivity index (χ1) is 12.6. The summed E-state index contributed by atoms with van der Waals surface area (Å²) in [7, 11) is 0. The topological polar surface area (TPSA) is 83.8 Å². The number of H-pyrrole nitrogens is 1. The monoisotopic (exact) mass is 346 g/mol. The van der Waals surface area contributed by atoms with Crippen LogP contribution < -0.4 is 5.32 Å². The summed E-state index contributed by atoms with van der Waals surface area (Å²) in [5.74, 6) is 1.34. The molecular formula is C20H18N4O2. The summed E-state index contributed by atoms with van der Waals surface area (Å²) in [5.41, 5.74) is 5.10. The van der Waals surface area contributed by atoms with Crippen LogP contribution >= 0.6 is 0 Å². The lowest BCUT2D eigenvalue weighted by Crippen LogP contribution is -2.15. The van der Waals surface area contributed by atoms with Crippen molar-refractivity contribution in [2.24, 2.45) is 0 Å². The van der Waals surface area contributed by atoms with Crippen molar-refractivity contribution in [1.82, 2.24) is 15.1 Å². The quantitative estimate of drug-likeness (QED) is 0.585. The molecule has 2 aromatic heterocycles. The molecule has 0 aliphatic rings. The molecule has 6 nitrogen and oxygen atoms in total. The number of anilines is 1. The maximum absolute atomic E-state index is 12.4. The molecule has 2 heterocycles. The Morgan fingerprint density at radius 2 is 2.00 bits per heavy atom. The lowest BCUT2D eigenvalue weighted by atomic mass is 10.1. The molecule has 0 saturated heterocycles. The van der Waals surface area contributed by atoms with Gasteiger partial charge in [-0.15, -0.1) is 0 Å². The summed E-state index contributed by atoms with van der Waals surface area (Å²) < 4.78 is 5.11. The van der Waals surface area contributed by atoms with E-state index in [2.05, 4.69) is 20.4 Å². The highest BCUT2D eigenvalue weighted by atomic mass is 16.5. The molecule has 0 radical (unpaired) electrons. The lowest BCUT2D eigenvalue weighted by Gasteiger charge is -2.06. The second kappa shape index (κ2) is 6.48. The molecule has 0 unspecified atom stereocenters. The van der Waals surface area contributed by atoms with Crippen molar-refractivity contribution >= 4 is 22.6 Å². The summed E-state index contributed by atoms with van der Waals surface area (Å²) in [5, 5.41) is 6.81. The van der Waals surface area contributed by atoms with E-state index in [1.165, 1.54) is 0 Å². The highest BCUT2D eigenvalue weighted by molar-refractivity contribution is 5.93. The van der Waals surface area contributed by atoms with E-state index < -0.39 is 0 Å². The number of hydrogen-bond acceptors (Lipinski definition) is 4. The van der Waals surface area contributed by atoms with Crippen LogP contribution in [0.5, 0.6) is 0 Å². The van der Waals surface area contributed by atoms with Crippen LogP contribution in [0.15, 0.2) is 53.1 Å². The number of aryl methyl sites for hydroxylation is 2. The number of rotatable bonds is 4. The van der Waals surface area contributed by atoms with Crippen LogP contribution in [0.4, 0.5) is 5.69 Å². The standard InChI is InChI=1S/C20H18N4O2/c1-12-16(13(2)26-24-12)11-19(25)21-15-7-5-6-14(10-15)20-22-17-8-3-4-9-18(17)23-20/h3-10H,11H2,1-2H3,(H,21,25)(H,22,23). The van der Waals surface area contributed by atoms with Crippen LogP contribution in [0.2, 0.25) is 0 Å². The molecule has 1 amide bonds. The van der Waals surface area contributed by atoms with Gasteiger partial charge in [-0.25, -0.2) is 4.98 Å². The van der Waals surface area contributed by atoms with Gasteiger partial charge in [0.05, 0.1) is 23.1 Å². The second-order valence-corrected chi connectivity index (χ2v) is 6.21. The maximum Gasteiger partial charge on any atom is 0.228 e. The second-order valence-electron chi connectivity index (χ2n) is 6.21. The van der Waals surface area contributed by atoms with Gasteiger partial charge in [-0.2, -0.15) is 0 Å². The van der Waals surface area contributed by atoms with E-state index >= 15 is 0 Å². The maximum atomic E-state index is 12.4. The van der Waals surface area contributed by atoms with Gasteiger partial charge in [-0.3, -0.25) is 4.79 Å². The Kier molecular flexibility index (Phi) is 4.01. The van der Waals surface area contributed by atoms with E-state index in [4.69, 9.17) is 4.52 Å². The number of hydrogen-bond donors (Lipinski definition) is 2. The van der Waals surface area contributed by atoms with Gasteiger partial charge in [-0.05, 0) is 38.1 Å². The fourth-order valence-corrected chi connectivity index (χ4v) is 2.95. The zero-order valence-corrected chi connectivity index (χ0v) is 14.5. The molecular weight excluding hydrogens is 328 g/mol. The number of imidazole rings is 1. The highest BCUT2D eigenvalue weighted by Gasteiger charge is 2.14. The Morgan fingerprint density at radius 1 is 1.15 bits per heavy atom. The zero-order valence-electron chi connectivity index (χ0n) is 14.5. The molecule has 0 fully saturated rings. The van der Waals surface area contributed by atoms with E-state index in [0.717, 1.165) is 39.4 Å². The number of carbonyl (C=O) groups is 1. The molecule has 2 aromatic carbocycles. The number of carbonyl (C=O) groups excluding carboxylic acids is 1. The normalized spacial score (nSPS) is 11.0. The third-order valence-corrected chi connectivity index (χ3v) is 4.33. The van der Waals surface area contributed by atoms with Crippen LogP contribution in [0.3, 0.4) is 0 Å². The Labute approximate surface area is 150 Å². The summed E-state index contributed by atoms with van der Waals surface area (Å²) in [6.45, 7) is 3.64. The van der Waals surface area contributed by atoms with Gasteiger partial charge in [0, 0.05) is 16.8 Å². The van der Waals surface area contributed by atoms with Crippen molar-refractivity contribution in [3.63, 3.8) is 0 Å². The summed E-state index contributed by atoms with van der Waals surface area (Å²) >= 11 is 0. The van der Waals surface area contributed by atoms with E-state index in [9.17, 15) is 4.79 Å². The minimum Gasteiger partial charge on any atom is -0.361 e. The predicted molar refractivity (Wildman–Crippen MR) is 99.8 cm³/mol. The highest BCUT2D eigenvalue weighted by Crippen LogP contribution is 2.23. The SMILES string of the molecule is Cc1noc(C)c1CC(=O)Nc1cccc(-c2nc3ccccc3[nH]2)c1. The van der Waals surface area contributed by atoms with Crippen LogP contribution in [0, 0.1) is 13.8 Å². The molecule has 4 aromatic rings. The minimum absolute atomic E-state index is 0.110. The molecule has 130 valence electrons. The Balaban J connectivity index is 1.55. The van der Waals surface area contributed by atoms with Crippen molar-refractivity contribution in [1.29, 1.82) is 0 Å². The molecule has 0 saturated carbocycles. The molecule has 0 bridgehead atoms. The third-order valence-electron chi connectivity index (χ3n) is 4.33. The average molecular weight is 346 g/mol. The lowest BCUT2D eigenvalue weighted by molar-refractivity contribution is -0.115. The number of para-hydroxylation sites is 2. The first-order valence-electron chi connectivity index (χ1n) is 8.37. The summed E-state index contributed by atoms with van der Waals surface area (Å²) in [6, 6.07) is 15.5. The summed E-state index contributed by atoms with van der Waals surface area (Å²) in [6.07, 6.45) is 0.232. The van der Waals surface area contributed by atoms with E-state index in [-0.39, 0.29) is 12.3 Å². The van der Waals surface area contributed by atoms with E-state index in [1.807, 2.05) is 62.4 Å². The smallest absolute Gasteiger partial charge is 0.228 e. The van der Waals surface area contributed by atoms with Gasteiger partial charge in [-0.1, -0.05) is 29.4 Å². The molecule has 6 heteroatoms. The molecule has 4 rings (SSSR count). The van der Waals surface area contributed by atoms with Crippen molar-refractivity contribution in [3.8, 4) is 11.4 Å². The van der Waals surface area contributed by atoms with Gasteiger partial charge >= 0.3 is 0 Å². The van der Waals surface area contributed by atoms with Crippen molar-refractivity contribution in [2.45, 2.75) is 20.3 Å². The third kappa shape index (κ3) is 3.09. The number of amides is 1. The average Bonchev–Trinajstić information content (AvgIpc) is 3.20. The number of nitrogens with one attached hydrogen (secondary N) is 2. The van der Waals surface area contributed by atoms with E-state index in [0.29, 0.717) is 5.76 Å². The fraction of sp³-hybridized carbons (Fsp3) is 0.150. The van der Waals surface area contributed by atoms with Crippen LogP contribution in [-0.2, 0) is 11.2 Å². The largest absolute Gasteiger partial charge is 0.361 e. The zero-order chi connectivity index (χ0) is 18.1. The number of aromatic nitrogens is 3. The van der Waals surface area contributed by atoms with Gasteiger partial charge in [0.15, 0.2) is 0 Å². The van der Waals surface area contributed by atoms with Gasteiger partial charge in [0.25, 0.3) is 0 Å². The van der Waals surface area contributed by atoms with Crippen LogP contribution in [0.1, 0.15) is 17.0 Å². The van der Waals surface area contributed by atoms with Gasteiger partial charge in [0.1, 0.15) is 11.6 Å². The van der Waals surface area contributed by atoms with Crippen LogP contribution in [-0.4, -0.2) is 21.0 Å².